The highest BCUT2D eigenvalue weighted by Gasteiger charge is 2.21. The van der Waals surface area contributed by atoms with Crippen LogP contribution in [0.25, 0.3) is 21.7 Å². The zero-order valence-corrected chi connectivity index (χ0v) is 14.6. The van der Waals surface area contributed by atoms with Crippen molar-refractivity contribution < 1.29 is 18.7 Å². The molecule has 0 radical (unpaired) electrons. The molecule has 1 aromatic heterocycles. The molecule has 4 rings (SSSR count). The highest BCUT2D eigenvalue weighted by molar-refractivity contribution is 5.99. The zero-order valence-electron chi connectivity index (χ0n) is 14.6. The smallest absolute Gasteiger partial charge is 0.375 e. The van der Waals surface area contributed by atoms with Gasteiger partial charge in [0.25, 0.3) is 5.91 Å². The number of furan rings is 1. The SMILES string of the molecule is C[C@H](OC(=O)c1cc2ccccc2o1)C(=O)Nc1ccc2ccccc2c1. The molecule has 0 bridgehead atoms. The number of hydrogen-bond donors (Lipinski definition) is 1. The fourth-order valence-corrected chi connectivity index (χ4v) is 2.87. The summed E-state index contributed by atoms with van der Waals surface area (Å²) in [6.45, 7) is 1.52. The van der Waals surface area contributed by atoms with Crippen molar-refractivity contribution in [1.82, 2.24) is 0 Å². The molecule has 0 saturated heterocycles. The predicted molar refractivity (Wildman–Crippen MR) is 104 cm³/mol. The van der Waals surface area contributed by atoms with Gasteiger partial charge in [-0.2, -0.15) is 0 Å². The third-order valence-corrected chi connectivity index (χ3v) is 4.30. The summed E-state index contributed by atoms with van der Waals surface area (Å²) in [6, 6.07) is 22.4. The van der Waals surface area contributed by atoms with Gasteiger partial charge in [0, 0.05) is 11.1 Å². The molecule has 0 aliphatic heterocycles. The van der Waals surface area contributed by atoms with E-state index >= 15 is 0 Å². The van der Waals surface area contributed by atoms with Crippen molar-refractivity contribution in [2.45, 2.75) is 13.0 Å². The van der Waals surface area contributed by atoms with Gasteiger partial charge in [-0.15, -0.1) is 0 Å². The minimum Gasteiger partial charge on any atom is -0.449 e. The van der Waals surface area contributed by atoms with Crippen LogP contribution in [0.4, 0.5) is 5.69 Å². The number of esters is 1. The quantitative estimate of drug-likeness (QED) is 0.533. The fourth-order valence-electron chi connectivity index (χ4n) is 2.87. The van der Waals surface area contributed by atoms with Gasteiger partial charge in [0.1, 0.15) is 5.58 Å². The van der Waals surface area contributed by atoms with Crippen molar-refractivity contribution in [2.24, 2.45) is 0 Å². The zero-order chi connectivity index (χ0) is 18.8. The molecule has 1 amide bonds. The Morgan fingerprint density at radius 3 is 2.37 bits per heavy atom. The third kappa shape index (κ3) is 3.53. The number of carbonyl (C=O) groups excluding carboxylic acids is 2. The maximum atomic E-state index is 12.4. The lowest BCUT2D eigenvalue weighted by Crippen LogP contribution is -2.29. The second-order valence-electron chi connectivity index (χ2n) is 6.25. The maximum Gasteiger partial charge on any atom is 0.375 e. The third-order valence-electron chi connectivity index (χ3n) is 4.30. The summed E-state index contributed by atoms with van der Waals surface area (Å²) in [5, 5.41) is 5.67. The van der Waals surface area contributed by atoms with E-state index in [-0.39, 0.29) is 5.76 Å². The summed E-state index contributed by atoms with van der Waals surface area (Å²) in [6.07, 6.45) is -0.961. The highest BCUT2D eigenvalue weighted by Crippen LogP contribution is 2.21. The molecule has 5 nitrogen and oxygen atoms in total. The van der Waals surface area contributed by atoms with Crippen LogP contribution < -0.4 is 5.32 Å². The van der Waals surface area contributed by atoms with E-state index in [9.17, 15) is 9.59 Å². The molecule has 0 aliphatic rings. The second kappa shape index (κ2) is 6.96. The van der Waals surface area contributed by atoms with E-state index in [2.05, 4.69) is 5.32 Å². The molecule has 1 N–H and O–H groups in total. The number of fused-ring (bicyclic) bond motifs is 2. The second-order valence-corrected chi connectivity index (χ2v) is 6.25. The van der Waals surface area contributed by atoms with E-state index in [0.717, 1.165) is 16.2 Å². The Morgan fingerprint density at radius 1 is 0.889 bits per heavy atom. The van der Waals surface area contributed by atoms with Crippen LogP contribution in [0.3, 0.4) is 0 Å². The van der Waals surface area contributed by atoms with Crippen LogP contribution in [-0.4, -0.2) is 18.0 Å². The van der Waals surface area contributed by atoms with Crippen LogP contribution in [0.15, 0.2) is 77.2 Å². The molecule has 0 saturated carbocycles. The van der Waals surface area contributed by atoms with E-state index in [0.29, 0.717) is 11.3 Å². The summed E-state index contributed by atoms with van der Waals surface area (Å²) in [4.78, 5) is 24.6. The Hall–Kier alpha value is -3.60. The predicted octanol–water partition coefficient (Wildman–Crippen LogP) is 4.77. The van der Waals surface area contributed by atoms with Crippen LogP contribution in [0.5, 0.6) is 0 Å². The van der Waals surface area contributed by atoms with Gasteiger partial charge in [0.05, 0.1) is 0 Å². The number of carbonyl (C=O) groups is 2. The van der Waals surface area contributed by atoms with Crippen LogP contribution in [0.2, 0.25) is 0 Å². The first-order valence-corrected chi connectivity index (χ1v) is 8.59. The molecule has 1 heterocycles. The molecular weight excluding hydrogens is 342 g/mol. The average Bonchev–Trinajstić information content (AvgIpc) is 3.12. The lowest BCUT2D eigenvalue weighted by molar-refractivity contribution is -0.123. The van der Waals surface area contributed by atoms with Crippen molar-refractivity contribution in [2.75, 3.05) is 5.32 Å². The van der Waals surface area contributed by atoms with Gasteiger partial charge in [0.15, 0.2) is 6.10 Å². The van der Waals surface area contributed by atoms with Gasteiger partial charge < -0.3 is 14.5 Å². The summed E-state index contributed by atoms with van der Waals surface area (Å²) in [5.74, 6) is -1.01. The van der Waals surface area contributed by atoms with Crippen molar-refractivity contribution >= 4 is 39.3 Å². The Kier molecular flexibility index (Phi) is 4.34. The summed E-state index contributed by atoms with van der Waals surface area (Å²) in [5.41, 5.74) is 1.24. The van der Waals surface area contributed by atoms with Gasteiger partial charge in [0.2, 0.25) is 5.76 Å². The minimum absolute atomic E-state index is 0.0709. The first-order chi connectivity index (χ1) is 13.1. The van der Waals surface area contributed by atoms with Crippen LogP contribution in [0.1, 0.15) is 17.5 Å². The van der Waals surface area contributed by atoms with Crippen LogP contribution >= 0.6 is 0 Å². The number of amides is 1. The monoisotopic (exact) mass is 359 g/mol. The largest absolute Gasteiger partial charge is 0.449 e. The van der Waals surface area contributed by atoms with E-state index in [1.165, 1.54) is 6.92 Å². The standard InChI is InChI=1S/C22H17NO4/c1-14(26-22(25)20-13-17-8-4-5-9-19(17)27-20)21(24)23-18-11-10-15-6-2-3-7-16(15)12-18/h2-14H,1H3,(H,23,24)/t14-/m0/s1. The molecule has 0 spiro atoms. The fraction of sp³-hybridized carbons (Fsp3) is 0.0909. The van der Waals surface area contributed by atoms with Crippen LogP contribution in [0, 0.1) is 0 Å². The molecule has 0 fully saturated rings. The number of hydrogen-bond acceptors (Lipinski definition) is 4. The number of nitrogens with one attached hydrogen (secondary N) is 1. The van der Waals surface area contributed by atoms with Gasteiger partial charge >= 0.3 is 5.97 Å². The molecule has 0 aliphatic carbocycles. The van der Waals surface area contributed by atoms with Crippen LogP contribution in [-0.2, 0) is 9.53 Å². The lowest BCUT2D eigenvalue weighted by atomic mass is 10.1. The van der Waals surface area contributed by atoms with E-state index in [1.54, 1.807) is 12.1 Å². The molecule has 27 heavy (non-hydrogen) atoms. The van der Waals surface area contributed by atoms with Crippen molar-refractivity contribution in [3.8, 4) is 0 Å². The topological polar surface area (TPSA) is 68.5 Å². The summed E-state index contributed by atoms with van der Waals surface area (Å²) < 4.78 is 10.7. The molecule has 134 valence electrons. The molecule has 5 heteroatoms. The van der Waals surface area contributed by atoms with E-state index in [1.807, 2.05) is 60.7 Å². The van der Waals surface area contributed by atoms with Gasteiger partial charge in [-0.3, -0.25) is 4.79 Å². The van der Waals surface area contributed by atoms with Gasteiger partial charge in [-0.05, 0) is 42.0 Å². The van der Waals surface area contributed by atoms with Gasteiger partial charge in [-0.1, -0.05) is 48.5 Å². The number of rotatable bonds is 4. The molecular formula is C22H17NO4. The highest BCUT2D eigenvalue weighted by atomic mass is 16.6. The van der Waals surface area contributed by atoms with Crippen molar-refractivity contribution in [3.05, 3.63) is 78.6 Å². The Labute approximate surface area is 155 Å². The van der Waals surface area contributed by atoms with Crippen molar-refractivity contribution in [1.29, 1.82) is 0 Å². The Morgan fingerprint density at radius 2 is 1.59 bits per heavy atom. The first kappa shape index (κ1) is 16.8. The number of ether oxygens (including phenoxy) is 1. The molecule has 1 atom stereocenters. The number of para-hydroxylation sites is 1. The Bertz CT molecular complexity index is 1110. The maximum absolute atomic E-state index is 12.4. The first-order valence-electron chi connectivity index (χ1n) is 8.59. The summed E-state index contributed by atoms with van der Waals surface area (Å²) >= 11 is 0. The molecule has 0 unspecified atom stereocenters. The average molecular weight is 359 g/mol. The number of benzene rings is 3. The Balaban J connectivity index is 1.44. The molecule has 4 aromatic rings. The van der Waals surface area contributed by atoms with E-state index in [4.69, 9.17) is 9.15 Å². The molecule has 3 aromatic carbocycles. The minimum atomic E-state index is -0.961. The summed E-state index contributed by atoms with van der Waals surface area (Å²) in [7, 11) is 0. The lowest BCUT2D eigenvalue weighted by Gasteiger charge is -2.13. The number of anilines is 1. The van der Waals surface area contributed by atoms with Crippen molar-refractivity contribution in [3.63, 3.8) is 0 Å². The normalized spacial score (nSPS) is 12.0. The van der Waals surface area contributed by atoms with E-state index < -0.39 is 18.0 Å². The van der Waals surface area contributed by atoms with Gasteiger partial charge in [-0.25, -0.2) is 4.79 Å².